The molecular weight excluding hydrogens is 863 g/mol. The third kappa shape index (κ3) is 8.50. The summed E-state index contributed by atoms with van der Waals surface area (Å²) in [6.45, 7) is 5.84. The minimum Gasteiger partial charge on any atom is -0.353 e. The first-order valence-electron chi connectivity index (χ1n) is 24.8. The fourth-order valence-corrected chi connectivity index (χ4v) is 13.9. The Bertz CT molecular complexity index is 2440. The topological polar surface area (TPSA) is 188 Å². The van der Waals surface area contributed by atoms with Gasteiger partial charge in [0.2, 0.25) is 17.8 Å². The number of carbonyl (C=O) groups excluding carboxylic acids is 3. The number of ether oxygens (including phenoxy) is 2. The molecule has 8 heterocycles. The Morgan fingerprint density at radius 2 is 1.73 bits per heavy atom. The summed E-state index contributed by atoms with van der Waals surface area (Å²) in [6.07, 6.45) is 15.7. The molecule has 3 aromatic rings. The van der Waals surface area contributed by atoms with Crippen molar-refractivity contribution in [1.82, 2.24) is 38.6 Å². The van der Waals surface area contributed by atoms with Crippen molar-refractivity contribution in [3.05, 3.63) is 35.5 Å². The predicted octanol–water partition coefficient (Wildman–Crippen LogP) is 4.75. The van der Waals surface area contributed by atoms with Crippen LogP contribution in [0.25, 0.3) is 10.9 Å². The van der Waals surface area contributed by atoms with Gasteiger partial charge in [-0.05, 0) is 139 Å². The second kappa shape index (κ2) is 18.0. The molecule has 2 N–H and O–H groups in total. The number of piperidine rings is 3. The lowest BCUT2D eigenvalue weighted by atomic mass is 9.88. The summed E-state index contributed by atoms with van der Waals surface area (Å²) in [4.78, 5) is 54.1. The molecule has 1 spiro atoms. The predicted molar refractivity (Wildman–Crippen MR) is 247 cm³/mol. The van der Waals surface area contributed by atoms with Gasteiger partial charge < -0.3 is 19.7 Å². The molecular formula is C47H65N11O7S. The normalized spacial score (nSPS) is 28.6. The Morgan fingerprint density at radius 1 is 0.894 bits per heavy atom. The first-order valence-corrected chi connectivity index (χ1v) is 26.2. The number of nitrogens with one attached hydrogen (secondary N) is 2. The molecule has 7 fully saturated rings. The molecule has 4 atom stereocenters. The molecule has 0 bridgehead atoms. The van der Waals surface area contributed by atoms with Gasteiger partial charge in [-0.25, -0.2) is 9.78 Å². The van der Waals surface area contributed by atoms with Gasteiger partial charge >= 0.3 is 6.03 Å². The lowest BCUT2D eigenvalue weighted by Crippen LogP contribution is -2.52. The van der Waals surface area contributed by atoms with E-state index in [4.69, 9.17) is 19.4 Å². The first kappa shape index (κ1) is 44.2. The van der Waals surface area contributed by atoms with Crippen molar-refractivity contribution in [2.45, 2.75) is 139 Å². The van der Waals surface area contributed by atoms with E-state index in [2.05, 4.69) is 38.8 Å². The maximum atomic E-state index is 14.1. The molecule has 0 radical (unpaired) electrons. The van der Waals surface area contributed by atoms with Crippen molar-refractivity contribution in [3.8, 4) is 0 Å². The number of likely N-dealkylation sites (tertiary alicyclic amines) is 1. The highest BCUT2D eigenvalue weighted by Crippen LogP contribution is 2.58. The Labute approximate surface area is 387 Å². The number of rotatable bonds is 11. The highest BCUT2D eigenvalue weighted by Gasteiger charge is 2.61. The molecule has 2 saturated carbocycles. The Balaban J connectivity index is 0.665. The third-order valence-corrected chi connectivity index (χ3v) is 18.0. The van der Waals surface area contributed by atoms with E-state index >= 15 is 0 Å². The molecule has 2 unspecified atom stereocenters. The molecule has 2 aromatic heterocycles. The maximum absolute atomic E-state index is 14.1. The van der Waals surface area contributed by atoms with Gasteiger partial charge in [0.15, 0.2) is 12.1 Å². The molecule has 5 saturated heterocycles. The van der Waals surface area contributed by atoms with Crippen LogP contribution in [0, 0.1) is 5.92 Å². The minimum absolute atomic E-state index is 0.0225. The average Bonchev–Trinajstić information content (AvgIpc) is 4.02. The molecule has 18 nitrogen and oxygen atoms in total. The van der Waals surface area contributed by atoms with E-state index < -0.39 is 21.7 Å². The standard InChI is InChI=1S/C47H65N11O7S/c1-53-39-26-33(10-11-37(39)42(52-53)57-24-16-40(59)50-46(57)61)32-12-20-54(21-13-32)29-31-6-5-19-56(30-31)66(62,63)55-22-14-34(15-23-55)49-45-48-28-38-43(51-45)58(44(60)47(38)17-18-47)35-7-4-8-36(27-35)65-41-9-2-3-25-64-41/h10-11,26,28,31-32,34-36,41H,2-9,12-25,27,29-30H2,1H3,(H,48,49,51)(H,50,59,61)/t31?,35-,36-,41?/m1/s1. The van der Waals surface area contributed by atoms with Gasteiger partial charge in [0.1, 0.15) is 5.82 Å². The number of anilines is 3. The quantitative estimate of drug-likeness (QED) is 0.269. The van der Waals surface area contributed by atoms with E-state index in [1.807, 2.05) is 22.8 Å². The van der Waals surface area contributed by atoms with E-state index in [1.54, 1.807) is 13.5 Å². The maximum Gasteiger partial charge on any atom is 0.329 e. The molecule has 356 valence electrons. The van der Waals surface area contributed by atoms with Crippen LogP contribution in [-0.4, -0.2) is 143 Å². The number of carbonyl (C=O) groups is 3. The number of hydrogen-bond acceptors (Lipinski definition) is 12. The monoisotopic (exact) mass is 927 g/mol. The number of imide groups is 1. The van der Waals surface area contributed by atoms with E-state index in [1.165, 1.54) is 5.56 Å². The van der Waals surface area contributed by atoms with E-state index in [0.29, 0.717) is 63.2 Å². The van der Waals surface area contributed by atoms with Gasteiger partial charge in [-0.15, -0.1) is 0 Å². The fraction of sp³-hybridized carbons (Fsp3) is 0.702. The van der Waals surface area contributed by atoms with Crippen LogP contribution in [0.15, 0.2) is 24.4 Å². The molecule has 6 aliphatic heterocycles. The summed E-state index contributed by atoms with van der Waals surface area (Å²) in [5.74, 6) is 2.39. The molecule has 1 aromatic carbocycles. The zero-order valence-corrected chi connectivity index (χ0v) is 39.1. The number of urea groups is 1. The third-order valence-electron chi connectivity index (χ3n) is 16.0. The van der Waals surface area contributed by atoms with Crippen LogP contribution >= 0.6 is 0 Å². The van der Waals surface area contributed by atoms with Gasteiger partial charge in [-0.3, -0.25) is 29.4 Å². The van der Waals surface area contributed by atoms with Gasteiger partial charge in [0.05, 0.1) is 17.0 Å². The Kier molecular flexibility index (Phi) is 12.1. The van der Waals surface area contributed by atoms with E-state index in [-0.39, 0.29) is 48.6 Å². The van der Waals surface area contributed by atoms with Crippen molar-refractivity contribution in [1.29, 1.82) is 0 Å². The summed E-state index contributed by atoms with van der Waals surface area (Å²) >= 11 is 0. The molecule has 11 rings (SSSR count). The Hall–Kier alpha value is -4.27. The van der Waals surface area contributed by atoms with Gasteiger partial charge in [-0.2, -0.15) is 27.1 Å². The van der Waals surface area contributed by atoms with Crippen LogP contribution < -0.4 is 20.4 Å². The van der Waals surface area contributed by atoms with Gasteiger partial charge in [0, 0.05) is 88.6 Å². The second-order valence-electron chi connectivity index (χ2n) is 20.3. The first-order chi connectivity index (χ1) is 32.0. The van der Waals surface area contributed by atoms with Crippen LogP contribution in [0.3, 0.4) is 0 Å². The van der Waals surface area contributed by atoms with Gasteiger partial charge in [-0.1, -0.05) is 6.07 Å². The second-order valence-corrected chi connectivity index (χ2v) is 22.2. The number of fused-ring (bicyclic) bond motifs is 3. The van der Waals surface area contributed by atoms with E-state index in [9.17, 15) is 22.8 Å². The SMILES string of the molecule is Cn1nc(N2CCC(=O)NC2=O)c2ccc(C3CCN(CC4CCCN(S(=O)(=O)N5CCC(Nc6ncc7c(n6)N([C@@H]6CCC[C@@H](OC8CCCCO8)C6)C(=O)C76CC6)CC5)C4)CC3)cc21. The number of nitrogens with zero attached hydrogens (tertiary/aromatic N) is 9. The van der Waals surface area contributed by atoms with Crippen molar-refractivity contribution < 1.29 is 32.3 Å². The minimum atomic E-state index is -3.61. The Morgan fingerprint density at radius 3 is 2.50 bits per heavy atom. The van der Waals surface area contributed by atoms with Gasteiger partial charge in [0.25, 0.3) is 10.2 Å². The molecule has 66 heavy (non-hydrogen) atoms. The van der Waals surface area contributed by atoms with Crippen LogP contribution in [0.4, 0.5) is 22.4 Å². The van der Waals surface area contributed by atoms with Crippen molar-refractivity contribution >= 4 is 56.5 Å². The number of hydrogen-bond donors (Lipinski definition) is 2. The van der Waals surface area contributed by atoms with Crippen LogP contribution in [0.1, 0.15) is 120 Å². The zero-order valence-electron chi connectivity index (χ0n) is 38.2. The summed E-state index contributed by atoms with van der Waals surface area (Å²) in [7, 11) is -1.72. The van der Waals surface area contributed by atoms with Crippen LogP contribution in [-0.2, 0) is 41.7 Å². The average molecular weight is 928 g/mol. The highest BCUT2D eigenvalue weighted by atomic mass is 32.2. The number of aromatic nitrogens is 4. The highest BCUT2D eigenvalue weighted by molar-refractivity contribution is 7.86. The summed E-state index contributed by atoms with van der Waals surface area (Å²) in [5, 5.41) is 11.5. The largest absolute Gasteiger partial charge is 0.353 e. The van der Waals surface area contributed by atoms with E-state index in [0.717, 1.165) is 132 Å². The van der Waals surface area contributed by atoms with Crippen molar-refractivity contribution in [2.75, 3.05) is 74.1 Å². The lowest BCUT2D eigenvalue weighted by molar-refractivity contribution is -0.193. The van der Waals surface area contributed by atoms with Crippen molar-refractivity contribution in [2.24, 2.45) is 13.0 Å². The molecule has 2 aliphatic carbocycles. The number of amides is 4. The van der Waals surface area contributed by atoms with Crippen LogP contribution in [0.2, 0.25) is 0 Å². The molecule has 4 amide bonds. The number of aryl methyl sites for hydroxylation is 1. The number of benzene rings is 1. The summed E-state index contributed by atoms with van der Waals surface area (Å²) in [6, 6.07) is 6.02. The fourth-order valence-electron chi connectivity index (χ4n) is 12.1. The molecule has 19 heteroatoms. The smallest absolute Gasteiger partial charge is 0.329 e. The summed E-state index contributed by atoms with van der Waals surface area (Å²) < 4.78 is 45.8. The van der Waals surface area contributed by atoms with Crippen molar-refractivity contribution in [3.63, 3.8) is 0 Å². The zero-order chi connectivity index (χ0) is 45.2. The molecule has 8 aliphatic rings. The lowest BCUT2D eigenvalue weighted by Gasteiger charge is -2.40. The van der Waals surface area contributed by atoms with Crippen LogP contribution in [0.5, 0.6) is 0 Å². The summed E-state index contributed by atoms with van der Waals surface area (Å²) in [5.41, 5.74) is 2.69.